The Bertz CT molecular complexity index is 426. The van der Waals surface area contributed by atoms with Gasteiger partial charge in [-0.05, 0) is 37.8 Å². The van der Waals surface area contributed by atoms with E-state index in [9.17, 15) is 4.79 Å². The maximum atomic E-state index is 12.2. The number of carbonyl (C=O) groups excluding carboxylic acids is 1. The molecule has 0 aliphatic rings. The predicted octanol–water partition coefficient (Wildman–Crippen LogP) is 2.53. The number of hydrogen-bond acceptors (Lipinski definition) is 3. The van der Waals surface area contributed by atoms with Crippen LogP contribution in [0.3, 0.4) is 0 Å². The van der Waals surface area contributed by atoms with Gasteiger partial charge >= 0.3 is 0 Å². The molecule has 0 saturated carbocycles. The molecule has 4 heteroatoms. The summed E-state index contributed by atoms with van der Waals surface area (Å²) in [7, 11) is 1.56. The van der Waals surface area contributed by atoms with Gasteiger partial charge in [0.2, 0.25) is 0 Å². The zero-order valence-corrected chi connectivity index (χ0v) is 12.6. The second-order valence-electron chi connectivity index (χ2n) is 5.08. The highest BCUT2D eigenvalue weighted by Gasteiger charge is 2.14. The van der Waals surface area contributed by atoms with Gasteiger partial charge in [0, 0.05) is 13.2 Å². The Morgan fingerprint density at radius 3 is 2.75 bits per heavy atom. The molecule has 0 aliphatic heterocycles. The van der Waals surface area contributed by atoms with Crippen molar-refractivity contribution in [3.05, 3.63) is 29.3 Å². The summed E-state index contributed by atoms with van der Waals surface area (Å²) in [6.07, 6.45) is 2.78. The van der Waals surface area contributed by atoms with E-state index in [1.165, 1.54) is 0 Å². The minimum Gasteiger partial charge on any atom is -0.496 e. The van der Waals surface area contributed by atoms with E-state index in [2.05, 4.69) is 12.2 Å². The maximum absolute atomic E-state index is 12.2. The Hall–Kier alpha value is -1.55. The van der Waals surface area contributed by atoms with Crippen molar-refractivity contribution in [1.29, 1.82) is 0 Å². The first kappa shape index (κ1) is 16.5. The monoisotopic (exact) mass is 279 g/mol. The summed E-state index contributed by atoms with van der Waals surface area (Å²) in [6.45, 7) is 4.80. The van der Waals surface area contributed by atoms with E-state index in [-0.39, 0.29) is 12.5 Å². The topological polar surface area (TPSA) is 58.6 Å². The van der Waals surface area contributed by atoms with Crippen LogP contribution < -0.4 is 10.1 Å². The third-order valence-electron chi connectivity index (χ3n) is 3.39. The van der Waals surface area contributed by atoms with E-state index in [4.69, 9.17) is 9.84 Å². The Kier molecular flexibility index (Phi) is 7.09. The minimum atomic E-state index is -0.121. The first-order valence-corrected chi connectivity index (χ1v) is 7.16. The lowest BCUT2D eigenvalue weighted by Gasteiger charge is -2.16. The van der Waals surface area contributed by atoms with Crippen molar-refractivity contribution in [2.75, 3.05) is 20.3 Å². The molecule has 1 atom stereocenters. The fourth-order valence-electron chi connectivity index (χ4n) is 2.27. The second-order valence-corrected chi connectivity index (χ2v) is 5.08. The van der Waals surface area contributed by atoms with E-state index >= 15 is 0 Å². The molecule has 0 saturated heterocycles. The molecule has 1 unspecified atom stereocenters. The van der Waals surface area contributed by atoms with Gasteiger partial charge in [-0.15, -0.1) is 0 Å². The van der Waals surface area contributed by atoms with Gasteiger partial charge in [-0.3, -0.25) is 4.79 Å². The zero-order chi connectivity index (χ0) is 15.0. The molecule has 1 aromatic carbocycles. The van der Waals surface area contributed by atoms with Crippen LogP contribution in [0.25, 0.3) is 0 Å². The SMILES string of the molecule is CCCC(CCO)CNC(=O)c1cc(C)ccc1OC. The highest BCUT2D eigenvalue weighted by molar-refractivity contribution is 5.97. The van der Waals surface area contributed by atoms with Crippen LogP contribution in [-0.4, -0.2) is 31.3 Å². The second kappa shape index (κ2) is 8.59. The highest BCUT2D eigenvalue weighted by Crippen LogP contribution is 2.19. The van der Waals surface area contributed by atoms with Gasteiger partial charge in [0.15, 0.2) is 0 Å². The minimum absolute atomic E-state index is 0.121. The number of carbonyl (C=O) groups is 1. The van der Waals surface area contributed by atoms with Crippen LogP contribution in [0.15, 0.2) is 18.2 Å². The van der Waals surface area contributed by atoms with Gasteiger partial charge in [-0.25, -0.2) is 0 Å². The molecular weight excluding hydrogens is 254 g/mol. The Morgan fingerprint density at radius 2 is 2.15 bits per heavy atom. The number of ether oxygens (including phenoxy) is 1. The van der Waals surface area contributed by atoms with Crippen LogP contribution in [-0.2, 0) is 0 Å². The molecule has 20 heavy (non-hydrogen) atoms. The van der Waals surface area contributed by atoms with E-state index in [1.54, 1.807) is 7.11 Å². The number of aliphatic hydroxyl groups is 1. The van der Waals surface area contributed by atoms with Crippen LogP contribution in [0.4, 0.5) is 0 Å². The van der Waals surface area contributed by atoms with Crippen molar-refractivity contribution in [3.63, 3.8) is 0 Å². The lowest BCUT2D eigenvalue weighted by Crippen LogP contribution is -2.30. The molecule has 0 fully saturated rings. The lowest BCUT2D eigenvalue weighted by atomic mass is 10.00. The fraction of sp³-hybridized carbons (Fsp3) is 0.562. The van der Waals surface area contributed by atoms with Crippen molar-refractivity contribution in [2.45, 2.75) is 33.1 Å². The number of nitrogens with one attached hydrogen (secondary N) is 1. The zero-order valence-electron chi connectivity index (χ0n) is 12.6. The average Bonchev–Trinajstić information content (AvgIpc) is 2.45. The standard InChI is InChI=1S/C16H25NO3/c1-4-5-13(8-9-18)11-17-16(19)14-10-12(2)6-7-15(14)20-3/h6-7,10,13,18H,4-5,8-9,11H2,1-3H3,(H,17,19). The van der Waals surface area contributed by atoms with E-state index in [0.717, 1.165) is 24.8 Å². The first-order chi connectivity index (χ1) is 9.62. The smallest absolute Gasteiger partial charge is 0.255 e. The van der Waals surface area contributed by atoms with Gasteiger partial charge < -0.3 is 15.2 Å². The van der Waals surface area contributed by atoms with Crippen LogP contribution in [0.2, 0.25) is 0 Å². The number of hydrogen-bond donors (Lipinski definition) is 2. The molecule has 0 heterocycles. The van der Waals surface area contributed by atoms with Gasteiger partial charge in [-0.1, -0.05) is 25.0 Å². The summed E-state index contributed by atoms with van der Waals surface area (Å²) in [5.74, 6) is 0.789. The first-order valence-electron chi connectivity index (χ1n) is 7.16. The Morgan fingerprint density at radius 1 is 1.40 bits per heavy atom. The number of benzene rings is 1. The molecule has 1 rings (SSSR count). The molecule has 1 aromatic rings. The largest absolute Gasteiger partial charge is 0.496 e. The van der Waals surface area contributed by atoms with Crippen LogP contribution in [0.5, 0.6) is 5.75 Å². The summed E-state index contributed by atoms with van der Waals surface area (Å²) in [5, 5.41) is 12.0. The van der Waals surface area contributed by atoms with Crippen molar-refractivity contribution < 1.29 is 14.6 Å². The molecule has 4 nitrogen and oxygen atoms in total. The predicted molar refractivity (Wildman–Crippen MR) is 80.2 cm³/mol. The van der Waals surface area contributed by atoms with Crippen LogP contribution >= 0.6 is 0 Å². The fourth-order valence-corrected chi connectivity index (χ4v) is 2.27. The maximum Gasteiger partial charge on any atom is 0.255 e. The van der Waals surface area contributed by atoms with Crippen molar-refractivity contribution in [3.8, 4) is 5.75 Å². The van der Waals surface area contributed by atoms with Crippen molar-refractivity contribution in [1.82, 2.24) is 5.32 Å². The average molecular weight is 279 g/mol. The van der Waals surface area contributed by atoms with E-state index < -0.39 is 0 Å². The number of aliphatic hydroxyl groups excluding tert-OH is 1. The molecular formula is C16H25NO3. The van der Waals surface area contributed by atoms with Gasteiger partial charge in [0.05, 0.1) is 12.7 Å². The van der Waals surface area contributed by atoms with Crippen molar-refractivity contribution >= 4 is 5.91 Å². The highest BCUT2D eigenvalue weighted by atomic mass is 16.5. The van der Waals surface area contributed by atoms with Crippen molar-refractivity contribution in [2.24, 2.45) is 5.92 Å². The van der Waals surface area contributed by atoms with Gasteiger partial charge in [-0.2, -0.15) is 0 Å². The Balaban J connectivity index is 2.68. The van der Waals surface area contributed by atoms with Gasteiger partial charge in [0.25, 0.3) is 5.91 Å². The number of amides is 1. The molecule has 0 radical (unpaired) electrons. The molecule has 0 aliphatic carbocycles. The van der Waals surface area contributed by atoms with Gasteiger partial charge in [0.1, 0.15) is 5.75 Å². The molecule has 0 spiro atoms. The summed E-state index contributed by atoms with van der Waals surface area (Å²) < 4.78 is 5.22. The summed E-state index contributed by atoms with van der Waals surface area (Å²) in [4.78, 5) is 12.2. The molecule has 1 amide bonds. The molecule has 0 aromatic heterocycles. The third-order valence-corrected chi connectivity index (χ3v) is 3.39. The summed E-state index contributed by atoms with van der Waals surface area (Å²) >= 11 is 0. The number of aryl methyl sites for hydroxylation is 1. The lowest BCUT2D eigenvalue weighted by molar-refractivity contribution is 0.0939. The summed E-state index contributed by atoms with van der Waals surface area (Å²) in [6, 6.07) is 5.55. The Labute approximate surface area is 121 Å². The normalized spacial score (nSPS) is 12.0. The number of rotatable bonds is 8. The molecule has 2 N–H and O–H groups in total. The van der Waals surface area contributed by atoms with E-state index in [1.807, 2.05) is 25.1 Å². The van der Waals surface area contributed by atoms with E-state index in [0.29, 0.717) is 23.8 Å². The summed E-state index contributed by atoms with van der Waals surface area (Å²) in [5.41, 5.74) is 1.59. The number of methoxy groups -OCH3 is 1. The molecule has 112 valence electrons. The van der Waals surface area contributed by atoms with Crippen LogP contribution in [0, 0.1) is 12.8 Å². The third kappa shape index (κ3) is 4.85. The van der Waals surface area contributed by atoms with Crippen LogP contribution in [0.1, 0.15) is 42.1 Å². The molecule has 0 bridgehead atoms. The quantitative estimate of drug-likeness (QED) is 0.769.